The number of amides is 1. The Morgan fingerprint density at radius 1 is 1.20 bits per heavy atom. The van der Waals surface area contributed by atoms with Crippen LogP contribution in [0.1, 0.15) is 22.5 Å². The highest BCUT2D eigenvalue weighted by molar-refractivity contribution is 5.94. The van der Waals surface area contributed by atoms with Crippen LogP contribution in [0.4, 0.5) is 8.78 Å². The topological polar surface area (TPSA) is 51.5 Å². The van der Waals surface area contributed by atoms with Gasteiger partial charge in [0.2, 0.25) is 0 Å². The van der Waals surface area contributed by atoms with Crippen LogP contribution in [-0.4, -0.2) is 34.6 Å². The van der Waals surface area contributed by atoms with Crippen LogP contribution in [0.5, 0.6) is 5.75 Å². The molecule has 0 N–H and O–H groups in total. The number of nitrogens with zero attached hydrogens (tertiary/aromatic N) is 2. The number of hydrogen-bond acceptors (Lipinski definition) is 3. The molecule has 3 rings (SSSR count). The van der Waals surface area contributed by atoms with Crippen LogP contribution in [-0.2, 0) is 7.05 Å². The summed E-state index contributed by atoms with van der Waals surface area (Å²) in [5.41, 5.74) is 0.710. The van der Waals surface area contributed by atoms with Crippen molar-refractivity contribution in [3.63, 3.8) is 0 Å². The number of likely N-dealkylation sites (tertiary alicyclic amines) is 1. The van der Waals surface area contributed by atoms with Crippen LogP contribution in [0.3, 0.4) is 0 Å². The van der Waals surface area contributed by atoms with Crippen molar-refractivity contribution in [2.24, 2.45) is 7.05 Å². The first-order chi connectivity index (χ1) is 11.8. The second-order valence-electron chi connectivity index (χ2n) is 6.14. The number of aryl methyl sites for hydroxylation is 1. The van der Waals surface area contributed by atoms with Crippen molar-refractivity contribution in [2.75, 3.05) is 13.1 Å². The Kier molecular flexibility index (Phi) is 4.57. The molecule has 132 valence electrons. The van der Waals surface area contributed by atoms with Gasteiger partial charge in [0, 0.05) is 37.3 Å². The van der Waals surface area contributed by atoms with E-state index in [1.165, 1.54) is 21.6 Å². The zero-order chi connectivity index (χ0) is 18.1. The number of carbonyl (C=O) groups excluding carboxylic acids is 1. The Hall–Kier alpha value is -2.70. The normalized spacial score (nSPS) is 17.0. The van der Waals surface area contributed by atoms with Crippen LogP contribution in [0.2, 0.25) is 0 Å². The van der Waals surface area contributed by atoms with Crippen molar-refractivity contribution in [3.8, 4) is 5.75 Å². The lowest BCUT2D eigenvalue weighted by Gasteiger charge is -2.18. The van der Waals surface area contributed by atoms with E-state index in [2.05, 4.69) is 0 Å². The lowest BCUT2D eigenvalue weighted by Crippen LogP contribution is -2.31. The van der Waals surface area contributed by atoms with Gasteiger partial charge in [-0.1, -0.05) is 0 Å². The van der Waals surface area contributed by atoms with Crippen molar-refractivity contribution in [3.05, 3.63) is 63.6 Å². The zero-order valence-electron chi connectivity index (χ0n) is 14.0. The van der Waals surface area contributed by atoms with Gasteiger partial charge in [-0.05, 0) is 31.2 Å². The molecule has 1 aliphatic heterocycles. The smallest absolute Gasteiger partial charge is 0.254 e. The first-order valence-electron chi connectivity index (χ1n) is 7.94. The van der Waals surface area contributed by atoms with Gasteiger partial charge in [-0.25, -0.2) is 8.78 Å². The number of hydrogen-bond donors (Lipinski definition) is 0. The van der Waals surface area contributed by atoms with Crippen molar-refractivity contribution >= 4 is 5.91 Å². The van der Waals surface area contributed by atoms with Crippen LogP contribution >= 0.6 is 0 Å². The van der Waals surface area contributed by atoms with E-state index in [1.807, 2.05) is 6.92 Å². The minimum Gasteiger partial charge on any atom is -0.488 e. The maximum atomic E-state index is 13.3. The molecule has 2 aromatic rings. The fourth-order valence-electron chi connectivity index (χ4n) is 2.82. The number of pyridine rings is 1. The van der Waals surface area contributed by atoms with Gasteiger partial charge in [-0.15, -0.1) is 0 Å². The molecule has 0 unspecified atom stereocenters. The molecule has 0 spiro atoms. The summed E-state index contributed by atoms with van der Waals surface area (Å²) in [5, 5.41) is 0. The molecular formula is C18H18F2N2O3. The lowest BCUT2D eigenvalue weighted by atomic mass is 10.2. The molecular weight excluding hydrogens is 330 g/mol. The van der Waals surface area contributed by atoms with E-state index in [-0.39, 0.29) is 23.1 Å². The van der Waals surface area contributed by atoms with Gasteiger partial charge in [0.15, 0.2) is 11.6 Å². The quantitative estimate of drug-likeness (QED) is 0.855. The van der Waals surface area contributed by atoms with E-state index in [1.54, 1.807) is 13.1 Å². The lowest BCUT2D eigenvalue weighted by molar-refractivity contribution is 0.0771. The molecule has 1 aromatic heterocycles. The highest BCUT2D eigenvalue weighted by Crippen LogP contribution is 2.20. The summed E-state index contributed by atoms with van der Waals surface area (Å²) in [6.45, 7) is 2.58. The minimum atomic E-state index is -1.05. The SMILES string of the molecule is Cc1cc(O[C@@H]2CCN(C(=O)c3ccc(F)c(F)c3)C2)cc(=O)n1C. The fraction of sp³-hybridized carbons (Fsp3) is 0.333. The van der Waals surface area contributed by atoms with Crippen LogP contribution < -0.4 is 10.3 Å². The Labute approximate surface area is 143 Å². The Morgan fingerprint density at radius 2 is 1.96 bits per heavy atom. The molecule has 1 fully saturated rings. The van der Waals surface area contributed by atoms with Crippen molar-refractivity contribution in [1.29, 1.82) is 0 Å². The number of aromatic nitrogens is 1. The Bertz CT molecular complexity index is 879. The van der Waals surface area contributed by atoms with E-state index in [4.69, 9.17) is 4.74 Å². The predicted molar refractivity (Wildman–Crippen MR) is 87.7 cm³/mol. The number of ether oxygens (including phenoxy) is 1. The third-order valence-electron chi connectivity index (χ3n) is 4.38. The van der Waals surface area contributed by atoms with Gasteiger partial charge < -0.3 is 14.2 Å². The minimum absolute atomic E-state index is 0.101. The highest BCUT2D eigenvalue weighted by Gasteiger charge is 2.28. The van der Waals surface area contributed by atoms with Crippen molar-refractivity contribution < 1.29 is 18.3 Å². The average Bonchev–Trinajstić information content (AvgIpc) is 3.03. The molecule has 1 amide bonds. The van der Waals surface area contributed by atoms with Crippen molar-refractivity contribution in [2.45, 2.75) is 19.4 Å². The predicted octanol–water partition coefficient (Wildman–Crippen LogP) is 2.27. The standard InChI is InChI=1S/C18H18F2N2O3/c1-11-7-14(9-17(23)21(11)2)25-13-5-6-22(10-13)18(24)12-3-4-15(19)16(20)8-12/h3-4,7-9,13H,5-6,10H2,1-2H3/t13-/m1/s1. The summed E-state index contributed by atoms with van der Waals surface area (Å²) in [6, 6.07) is 6.28. The maximum Gasteiger partial charge on any atom is 0.254 e. The van der Waals surface area contributed by atoms with E-state index >= 15 is 0 Å². The second-order valence-corrected chi connectivity index (χ2v) is 6.14. The fourth-order valence-corrected chi connectivity index (χ4v) is 2.82. The van der Waals surface area contributed by atoms with Crippen LogP contribution in [0.25, 0.3) is 0 Å². The second kappa shape index (κ2) is 6.66. The summed E-state index contributed by atoms with van der Waals surface area (Å²) in [7, 11) is 1.68. The molecule has 0 radical (unpaired) electrons. The molecule has 0 bridgehead atoms. The van der Waals surface area contributed by atoms with Crippen LogP contribution in [0.15, 0.2) is 35.1 Å². The van der Waals surface area contributed by atoms with E-state index in [0.29, 0.717) is 25.3 Å². The molecule has 1 atom stereocenters. The summed E-state index contributed by atoms with van der Waals surface area (Å²) in [6.07, 6.45) is 0.352. The molecule has 7 heteroatoms. The first-order valence-corrected chi connectivity index (χ1v) is 7.94. The number of benzene rings is 1. The van der Waals surface area contributed by atoms with E-state index in [9.17, 15) is 18.4 Å². The summed E-state index contributed by atoms with van der Waals surface area (Å²) in [4.78, 5) is 25.7. The van der Waals surface area contributed by atoms with Crippen molar-refractivity contribution in [1.82, 2.24) is 9.47 Å². The van der Waals surface area contributed by atoms with Gasteiger partial charge in [0.1, 0.15) is 11.9 Å². The number of halogens is 2. The number of rotatable bonds is 3. The Morgan fingerprint density at radius 3 is 2.64 bits per heavy atom. The maximum absolute atomic E-state index is 13.3. The zero-order valence-corrected chi connectivity index (χ0v) is 14.0. The highest BCUT2D eigenvalue weighted by atomic mass is 19.2. The third kappa shape index (κ3) is 3.55. The molecule has 0 saturated carbocycles. The van der Waals surface area contributed by atoms with Gasteiger partial charge in [0.05, 0.1) is 6.54 Å². The average molecular weight is 348 g/mol. The molecule has 1 aromatic carbocycles. The molecule has 5 nitrogen and oxygen atoms in total. The third-order valence-corrected chi connectivity index (χ3v) is 4.38. The van der Waals surface area contributed by atoms with Gasteiger partial charge in [-0.3, -0.25) is 9.59 Å². The Balaban J connectivity index is 1.68. The van der Waals surface area contributed by atoms with Gasteiger partial charge in [-0.2, -0.15) is 0 Å². The summed E-state index contributed by atoms with van der Waals surface area (Å²) < 4.78 is 33.6. The van der Waals surface area contributed by atoms with E-state index < -0.39 is 11.6 Å². The summed E-state index contributed by atoms with van der Waals surface area (Å²) >= 11 is 0. The van der Waals surface area contributed by atoms with Gasteiger partial charge in [0.25, 0.3) is 11.5 Å². The molecule has 25 heavy (non-hydrogen) atoms. The largest absolute Gasteiger partial charge is 0.488 e. The summed E-state index contributed by atoms with van der Waals surface area (Å²) in [5.74, 6) is -1.94. The number of carbonyl (C=O) groups is 1. The molecule has 2 heterocycles. The van der Waals surface area contributed by atoms with E-state index in [0.717, 1.165) is 17.8 Å². The van der Waals surface area contributed by atoms with Gasteiger partial charge >= 0.3 is 0 Å². The molecule has 1 aliphatic rings. The molecule has 0 aliphatic carbocycles. The van der Waals surface area contributed by atoms with Crippen LogP contribution in [0, 0.1) is 18.6 Å². The molecule has 1 saturated heterocycles. The first kappa shape index (κ1) is 17.1. The monoisotopic (exact) mass is 348 g/mol.